The maximum absolute atomic E-state index is 12.5. The number of anilines is 2. The summed E-state index contributed by atoms with van der Waals surface area (Å²) in [7, 11) is 0. The first-order valence-corrected chi connectivity index (χ1v) is 10.4. The Morgan fingerprint density at radius 3 is 2.78 bits per heavy atom. The molecule has 2 aliphatic heterocycles. The summed E-state index contributed by atoms with van der Waals surface area (Å²) in [4.78, 5) is 29.4. The van der Waals surface area contributed by atoms with Crippen molar-refractivity contribution in [1.29, 1.82) is 0 Å². The van der Waals surface area contributed by atoms with E-state index in [-0.39, 0.29) is 5.91 Å². The highest BCUT2D eigenvalue weighted by atomic mass is 32.2. The smallest absolute Gasteiger partial charge is 0.238 e. The fraction of sp³-hybridized carbons (Fsp3) is 0.450. The molecule has 0 bridgehead atoms. The van der Waals surface area contributed by atoms with Crippen LogP contribution >= 0.6 is 11.8 Å². The Morgan fingerprint density at radius 2 is 1.93 bits per heavy atom. The molecule has 1 amide bonds. The van der Waals surface area contributed by atoms with Gasteiger partial charge in [0.2, 0.25) is 5.91 Å². The molecule has 1 fully saturated rings. The molecule has 0 atom stereocenters. The third kappa shape index (κ3) is 4.09. The van der Waals surface area contributed by atoms with Crippen LogP contribution in [0.25, 0.3) is 0 Å². The molecule has 7 heteroatoms. The summed E-state index contributed by atoms with van der Waals surface area (Å²) >= 11 is 1.63. The van der Waals surface area contributed by atoms with E-state index in [2.05, 4.69) is 38.0 Å². The van der Waals surface area contributed by atoms with E-state index in [9.17, 15) is 4.79 Å². The first kappa shape index (κ1) is 18.3. The van der Waals surface area contributed by atoms with E-state index in [1.165, 1.54) is 4.90 Å². The Balaban J connectivity index is 1.45. The molecule has 0 spiro atoms. The Bertz CT molecular complexity index is 823. The van der Waals surface area contributed by atoms with Crippen molar-refractivity contribution in [2.24, 2.45) is 0 Å². The van der Waals surface area contributed by atoms with Crippen LogP contribution in [0.1, 0.15) is 17.9 Å². The van der Waals surface area contributed by atoms with Gasteiger partial charge in [-0.1, -0.05) is 12.1 Å². The lowest BCUT2D eigenvalue weighted by Crippen LogP contribution is -2.45. The molecule has 0 saturated carbocycles. The van der Waals surface area contributed by atoms with Gasteiger partial charge in [-0.25, -0.2) is 9.97 Å². The molecule has 0 radical (unpaired) electrons. The number of amides is 1. The highest BCUT2D eigenvalue weighted by Gasteiger charge is 2.27. The van der Waals surface area contributed by atoms with Gasteiger partial charge in [-0.2, -0.15) is 0 Å². The van der Waals surface area contributed by atoms with Gasteiger partial charge in [-0.05, 0) is 32.4 Å². The monoisotopic (exact) mass is 383 g/mol. The van der Waals surface area contributed by atoms with E-state index in [1.54, 1.807) is 11.8 Å². The van der Waals surface area contributed by atoms with Crippen LogP contribution in [-0.2, 0) is 4.79 Å². The summed E-state index contributed by atoms with van der Waals surface area (Å²) in [6, 6.07) is 10.3. The zero-order valence-corrected chi connectivity index (χ0v) is 16.7. The molecule has 0 aliphatic carbocycles. The second-order valence-electron chi connectivity index (χ2n) is 7.09. The van der Waals surface area contributed by atoms with Crippen molar-refractivity contribution in [2.75, 3.05) is 48.4 Å². The second kappa shape index (κ2) is 7.86. The molecule has 142 valence electrons. The van der Waals surface area contributed by atoms with Crippen molar-refractivity contribution >= 4 is 29.2 Å². The highest BCUT2D eigenvalue weighted by molar-refractivity contribution is 8.00. The van der Waals surface area contributed by atoms with Crippen LogP contribution in [0.2, 0.25) is 0 Å². The Hall–Kier alpha value is -2.12. The minimum atomic E-state index is 0.196. The zero-order valence-electron chi connectivity index (χ0n) is 15.9. The largest absolute Gasteiger partial charge is 0.355 e. The molecule has 1 aromatic heterocycles. The molecule has 0 unspecified atom stereocenters. The minimum Gasteiger partial charge on any atom is -0.355 e. The third-order valence-corrected chi connectivity index (χ3v) is 6.06. The van der Waals surface area contributed by atoms with Crippen molar-refractivity contribution in [3.8, 4) is 0 Å². The topological polar surface area (TPSA) is 52.6 Å². The number of aryl methyl sites for hydroxylation is 2. The number of rotatable bonds is 3. The lowest BCUT2D eigenvalue weighted by Gasteiger charge is -2.33. The van der Waals surface area contributed by atoms with Gasteiger partial charge < -0.3 is 4.90 Å². The van der Waals surface area contributed by atoms with Crippen LogP contribution in [0.3, 0.4) is 0 Å². The fourth-order valence-corrected chi connectivity index (χ4v) is 4.65. The molecule has 1 saturated heterocycles. The van der Waals surface area contributed by atoms with Crippen LogP contribution < -0.4 is 9.80 Å². The van der Waals surface area contributed by atoms with Gasteiger partial charge in [0, 0.05) is 42.8 Å². The predicted octanol–water partition coefficient (Wildman–Crippen LogP) is 2.70. The van der Waals surface area contributed by atoms with Crippen LogP contribution in [-0.4, -0.2) is 59.4 Å². The summed E-state index contributed by atoms with van der Waals surface area (Å²) in [5.74, 6) is 2.55. The van der Waals surface area contributed by atoms with Gasteiger partial charge in [0.05, 0.1) is 18.1 Å². The quantitative estimate of drug-likeness (QED) is 0.812. The summed E-state index contributed by atoms with van der Waals surface area (Å²) < 4.78 is 0. The van der Waals surface area contributed by atoms with E-state index in [1.807, 2.05) is 30.9 Å². The van der Waals surface area contributed by atoms with E-state index < -0.39 is 0 Å². The number of benzene rings is 1. The Labute approximate surface area is 164 Å². The average molecular weight is 384 g/mol. The van der Waals surface area contributed by atoms with Crippen LogP contribution in [0, 0.1) is 13.8 Å². The molecule has 0 N–H and O–H groups in total. The van der Waals surface area contributed by atoms with Gasteiger partial charge in [0.25, 0.3) is 0 Å². The zero-order chi connectivity index (χ0) is 18.8. The van der Waals surface area contributed by atoms with Gasteiger partial charge in [-0.3, -0.25) is 14.6 Å². The molecule has 6 nitrogen and oxygen atoms in total. The molecular formula is C20H25N5OS. The number of carbonyl (C=O) groups is 1. The summed E-state index contributed by atoms with van der Waals surface area (Å²) in [5.41, 5.74) is 2.05. The molecule has 2 aliphatic rings. The predicted molar refractivity (Wildman–Crippen MR) is 109 cm³/mol. The van der Waals surface area contributed by atoms with Crippen LogP contribution in [0.15, 0.2) is 35.2 Å². The number of carbonyl (C=O) groups excluding carboxylic acids is 1. The Kier molecular flexibility index (Phi) is 5.31. The molecular weight excluding hydrogens is 358 g/mol. The standard InChI is InChI=1S/C20H25N5OS/c1-15-12-19(22-16(2)21-15)24-9-5-8-23(10-11-24)14-25-17-6-3-4-7-18(17)27-13-20(25)26/h3-4,6-7,12H,5,8-11,13-14H2,1-2H3. The number of fused-ring (bicyclic) bond motifs is 1. The molecule has 1 aromatic carbocycles. The molecule has 27 heavy (non-hydrogen) atoms. The number of aromatic nitrogens is 2. The molecule has 2 aromatic rings. The van der Waals surface area contributed by atoms with Crippen molar-refractivity contribution in [3.63, 3.8) is 0 Å². The van der Waals surface area contributed by atoms with Gasteiger partial charge in [-0.15, -0.1) is 11.8 Å². The highest BCUT2D eigenvalue weighted by Crippen LogP contribution is 2.35. The van der Waals surface area contributed by atoms with E-state index in [0.29, 0.717) is 12.4 Å². The molecule has 4 rings (SSSR count). The number of nitrogens with zero attached hydrogens (tertiary/aromatic N) is 5. The van der Waals surface area contributed by atoms with E-state index >= 15 is 0 Å². The number of hydrogen-bond acceptors (Lipinski definition) is 6. The first-order valence-electron chi connectivity index (χ1n) is 9.42. The SMILES string of the molecule is Cc1cc(N2CCCN(CN3C(=O)CSc4ccccc43)CC2)nc(C)n1. The van der Waals surface area contributed by atoms with Crippen molar-refractivity contribution < 1.29 is 4.79 Å². The van der Waals surface area contributed by atoms with E-state index in [0.717, 1.165) is 55.6 Å². The van der Waals surface area contributed by atoms with Crippen molar-refractivity contribution in [1.82, 2.24) is 14.9 Å². The number of thioether (sulfide) groups is 1. The minimum absolute atomic E-state index is 0.196. The second-order valence-corrected chi connectivity index (χ2v) is 8.11. The first-order chi connectivity index (χ1) is 13.1. The lowest BCUT2D eigenvalue weighted by molar-refractivity contribution is -0.116. The van der Waals surface area contributed by atoms with Crippen molar-refractivity contribution in [2.45, 2.75) is 25.2 Å². The van der Waals surface area contributed by atoms with Gasteiger partial charge >= 0.3 is 0 Å². The van der Waals surface area contributed by atoms with Crippen LogP contribution in [0.4, 0.5) is 11.5 Å². The van der Waals surface area contributed by atoms with Gasteiger partial charge in [0.15, 0.2) is 0 Å². The number of hydrogen-bond donors (Lipinski definition) is 0. The molecule has 3 heterocycles. The lowest BCUT2D eigenvalue weighted by atomic mass is 10.3. The maximum atomic E-state index is 12.5. The number of para-hydroxylation sites is 1. The normalized spacial score (nSPS) is 18.4. The summed E-state index contributed by atoms with van der Waals surface area (Å²) in [6.45, 7) is 8.41. The average Bonchev–Trinajstić information content (AvgIpc) is 2.89. The van der Waals surface area contributed by atoms with Gasteiger partial charge in [0.1, 0.15) is 11.6 Å². The fourth-order valence-electron chi connectivity index (χ4n) is 3.71. The van der Waals surface area contributed by atoms with Crippen molar-refractivity contribution in [3.05, 3.63) is 41.9 Å². The van der Waals surface area contributed by atoms with E-state index in [4.69, 9.17) is 0 Å². The summed E-state index contributed by atoms with van der Waals surface area (Å²) in [5, 5.41) is 0. The third-order valence-electron chi connectivity index (χ3n) is 5.01. The summed E-state index contributed by atoms with van der Waals surface area (Å²) in [6.07, 6.45) is 1.06. The maximum Gasteiger partial charge on any atom is 0.238 e. The Morgan fingerprint density at radius 1 is 1.07 bits per heavy atom. The van der Waals surface area contributed by atoms with Crippen LogP contribution in [0.5, 0.6) is 0 Å².